The van der Waals surface area contributed by atoms with E-state index in [9.17, 15) is 8.42 Å². The first-order chi connectivity index (χ1) is 9.07. The van der Waals surface area contributed by atoms with Crippen LogP contribution in [-0.4, -0.2) is 33.3 Å². The van der Waals surface area contributed by atoms with E-state index in [0.29, 0.717) is 18.4 Å². The molecule has 5 heteroatoms. The normalized spacial score (nSPS) is 27.8. The number of hydrogen-bond acceptors (Lipinski definition) is 3. The molecule has 0 aromatic rings. The average Bonchev–Trinajstić information content (AvgIpc) is 3.08. The van der Waals surface area contributed by atoms with Crippen molar-refractivity contribution in [2.75, 3.05) is 18.8 Å². The molecule has 2 aliphatic rings. The molecule has 0 spiro atoms. The quantitative estimate of drug-likeness (QED) is 0.637. The average molecular weight is 288 g/mol. The molecule has 19 heavy (non-hydrogen) atoms. The monoisotopic (exact) mass is 288 g/mol. The summed E-state index contributed by atoms with van der Waals surface area (Å²) >= 11 is 0. The first kappa shape index (κ1) is 15.3. The summed E-state index contributed by atoms with van der Waals surface area (Å²) in [5.41, 5.74) is 0. The number of unbranched alkanes of at least 4 members (excludes halogenated alkanes) is 1. The second-order valence-electron chi connectivity index (χ2n) is 6.27. The lowest BCUT2D eigenvalue weighted by molar-refractivity contribution is 0.414. The maximum atomic E-state index is 11.9. The Morgan fingerprint density at radius 2 is 1.89 bits per heavy atom. The van der Waals surface area contributed by atoms with Crippen LogP contribution in [0.5, 0.6) is 0 Å². The Morgan fingerprint density at radius 1 is 1.11 bits per heavy atom. The highest BCUT2D eigenvalue weighted by molar-refractivity contribution is 7.89. The van der Waals surface area contributed by atoms with Crippen LogP contribution in [0.4, 0.5) is 0 Å². The summed E-state index contributed by atoms with van der Waals surface area (Å²) in [6.45, 7) is 3.83. The Labute approximate surface area is 117 Å². The molecule has 2 atom stereocenters. The molecular weight excluding hydrogens is 260 g/mol. The minimum atomic E-state index is -3.06. The summed E-state index contributed by atoms with van der Waals surface area (Å²) in [5.74, 6) is 1.50. The highest BCUT2D eigenvalue weighted by Gasteiger charge is 2.24. The van der Waals surface area contributed by atoms with E-state index in [2.05, 4.69) is 17.0 Å². The van der Waals surface area contributed by atoms with Gasteiger partial charge in [-0.1, -0.05) is 19.8 Å². The van der Waals surface area contributed by atoms with E-state index < -0.39 is 10.0 Å². The van der Waals surface area contributed by atoms with Crippen LogP contribution in [0, 0.1) is 11.8 Å². The zero-order valence-electron chi connectivity index (χ0n) is 12.0. The first-order valence-corrected chi connectivity index (χ1v) is 9.43. The van der Waals surface area contributed by atoms with Gasteiger partial charge in [-0.2, -0.15) is 0 Å². The summed E-state index contributed by atoms with van der Waals surface area (Å²) in [6.07, 6.45) is 7.97. The van der Waals surface area contributed by atoms with Crippen LogP contribution in [-0.2, 0) is 10.0 Å². The second kappa shape index (κ2) is 7.04. The van der Waals surface area contributed by atoms with Crippen LogP contribution in [0.2, 0.25) is 0 Å². The molecule has 0 heterocycles. The Balaban J connectivity index is 1.55. The molecule has 0 aromatic carbocycles. The van der Waals surface area contributed by atoms with Crippen LogP contribution < -0.4 is 10.0 Å². The zero-order chi connectivity index (χ0) is 13.7. The van der Waals surface area contributed by atoms with Gasteiger partial charge >= 0.3 is 0 Å². The van der Waals surface area contributed by atoms with Gasteiger partial charge in [0, 0.05) is 12.6 Å². The topological polar surface area (TPSA) is 58.2 Å². The summed E-state index contributed by atoms with van der Waals surface area (Å²) in [4.78, 5) is 0. The molecule has 0 radical (unpaired) electrons. The minimum Gasteiger partial charge on any atom is -0.314 e. The van der Waals surface area contributed by atoms with Crippen molar-refractivity contribution in [3.05, 3.63) is 0 Å². The predicted molar refractivity (Wildman–Crippen MR) is 78.6 cm³/mol. The van der Waals surface area contributed by atoms with Gasteiger partial charge < -0.3 is 5.32 Å². The summed E-state index contributed by atoms with van der Waals surface area (Å²) in [7, 11) is -3.06. The molecule has 0 aromatic heterocycles. The third-order valence-electron chi connectivity index (χ3n) is 4.45. The maximum absolute atomic E-state index is 11.9. The first-order valence-electron chi connectivity index (χ1n) is 7.77. The molecule has 0 saturated heterocycles. The molecular formula is C14H28N2O2S. The molecule has 0 aliphatic heterocycles. The van der Waals surface area contributed by atoms with E-state index in [-0.39, 0.29) is 5.75 Å². The summed E-state index contributed by atoms with van der Waals surface area (Å²) < 4.78 is 26.5. The predicted octanol–water partition coefficient (Wildman–Crippen LogP) is 1.87. The van der Waals surface area contributed by atoms with Crippen molar-refractivity contribution in [3.63, 3.8) is 0 Å². The van der Waals surface area contributed by atoms with E-state index in [4.69, 9.17) is 0 Å². The van der Waals surface area contributed by atoms with Crippen molar-refractivity contribution >= 4 is 10.0 Å². The van der Waals surface area contributed by atoms with Gasteiger partial charge in [-0.05, 0) is 50.5 Å². The highest BCUT2D eigenvalue weighted by atomic mass is 32.2. The van der Waals surface area contributed by atoms with Crippen molar-refractivity contribution in [2.45, 2.75) is 57.9 Å². The minimum absolute atomic E-state index is 0.278. The Hall–Kier alpha value is -0.130. The second-order valence-corrected chi connectivity index (χ2v) is 8.20. The van der Waals surface area contributed by atoms with Gasteiger partial charge in [-0.3, -0.25) is 0 Å². The fraction of sp³-hybridized carbons (Fsp3) is 1.00. The Bertz CT molecular complexity index is 366. The smallest absolute Gasteiger partial charge is 0.211 e. The van der Waals surface area contributed by atoms with E-state index in [1.165, 1.54) is 32.1 Å². The van der Waals surface area contributed by atoms with Crippen LogP contribution in [0.15, 0.2) is 0 Å². The van der Waals surface area contributed by atoms with Crippen molar-refractivity contribution in [2.24, 2.45) is 11.8 Å². The molecule has 2 N–H and O–H groups in total. The van der Waals surface area contributed by atoms with Crippen molar-refractivity contribution in [3.8, 4) is 0 Å². The number of nitrogens with one attached hydrogen (secondary N) is 2. The molecule has 0 bridgehead atoms. The van der Waals surface area contributed by atoms with E-state index >= 15 is 0 Å². The van der Waals surface area contributed by atoms with Crippen LogP contribution >= 0.6 is 0 Å². The molecule has 2 saturated carbocycles. The van der Waals surface area contributed by atoms with Crippen LogP contribution in [0.3, 0.4) is 0 Å². The number of sulfonamides is 1. The largest absolute Gasteiger partial charge is 0.314 e. The summed E-state index contributed by atoms with van der Waals surface area (Å²) in [5, 5.41) is 3.41. The molecule has 2 rings (SSSR count). The summed E-state index contributed by atoms with van der Waals surface area (Å²) in [6, 6.07) is 0.721. The Morgan fingerprint density at radius 3 is 2.53 bits per heavy atom. The molecule has 112 valence electrons. The highest BCUT2D eigenvalue weighted by Crippen LogP contribution is 2.30. The lowest BCUT2D eigenvalue weighted by Gasteiger charge is -2.16. The van der Waals surface area contributed by atoms with Crippen molar-refractivity contribution in [1.29, 1.82) is 0 Å². The van der Waals surface area contributed by atoms with Gasteiger partial charge in [-0.25, -0.2) is 13.1 Å². The molecule has 0 amide bonds. The van der Waals surface area contributed by atoms with Crippen LogP contribution in [0.25, 0.3) is 0 Å². The third-order valence-corrected chi connectivity index (χ3v) is 5.89. The maximum Gasteiger partial charge on any atom is 0.211 e. The molecule has 4 nitrogen and oxygen atoms in total. The zero-order valence-corrected chi connectivity index (χ0v) is 12.8. The van der Waals surface area contributed by atoms with Gasteiger partial charge in [0.15, 0.2) is 0 Å². The van der Waals surface area contributed by atoms with Gasteiger partial charge in [0.2, 0.25) is 10.0 Å². The Kier molecular flexibility index (Phi) is 5.66. The van der Waals surface area contributed by atoms with Gasteiger partial charge in [0.05, 0.1) is 5.75 Å². The lowest BCUT2D eigenvalue weighted by atomic mass is 9.99. The van der Waals surface area contributed by atoms with E-state index in [0.717, 1.165) is 25.4 Å². The fourth-order valence-corrected chi connectivity index (χ4v) is 4.04. The fourth-order valence-electron chi connectivity index (χ4n) is 2.84. The third kappa shape index (κ3) is 5.79. The number of hydrogen-bond donors (Lipinski definition) is 2. The van der Waals surface area contributed by atoms with E-state index in [1.807, 2.05) is 0 Å². The van der Waals surface area contributed by atoms with Crippen molar-refractivity contribution in [1.82, 2.24) is 10.0 Å². The molecule has 2 fully saturated rings. The SMILES string of the molecule is CC1CCCC1CNS(=O)(=O)CCCCNC1CC1. The van der Waals surface area contributed by atoms with Gasteiger partial charge in [0.25, 0.3) is 0 Å². The van der Waals surface area contributed by atoms with Gasteiger partial charge in [-0.15, -0.1) is 0 Å². The molecule has 2 aliphatic carbocycles. The number of rotatable bonds is 9. The standard InChI is InChI=1S/C14H28N2O2S/c1-12-5-4-6-13(12)11-16-19(17,18)10-3-2-9-15-14-7-8-14/h12-16H,2-11H2,1H3. The molecule has 2 unspecified atom stereocenters. The van der Waals surface area contributed by atoms with Crippen LogP contribution in [0.1, 0.15) is 51.9 Å². The van der Waals surface area contributed by atoms with Crippen molar-refractivity contribution < 1.29 is 8.42 Å². The van der Waals surface area contributed by atoms with E-state index in [1.54, 1.807) is 0 Å². The lowest BCUT2D eigenvalue weighted by Crippen LogP contribution is -2.32. The van der Waals surface area contributed by atoms with Gasteiger partial charge in [0.1, 0.15) is 0 Å².